The summed E-state index contributed by atoms with van der Waals surface area (Å²) in [5.41, 5.74) is 4.93. The summed E-state index contributed by atoms with van der Waals surface area (Å²) in [7, 11) is 1.39. The molecule has 1 aliphatic heterocycles. The molecule has 2 aromatic heterocycles. The van der Waals surface area contributed by atoms with Crippen molar-refractivity contribution in [1.29, 1.82) is 0 Å². The van der Waals surface area contributed by atoms with Crippen LogP contribution in [0.25, 0.3) is 23.0 Å². The fourth-order valence-corrected chi connectivity index (χ4v) is 5.01. The monoisotopic (exact) mass is 574 g/mol. The highest BCUT2D eigenvalue weighted by Gasteiger charge is 2.20. The van der Waals surface area contributed by atoms with Gasteiger partial charge >= 0.3 is 5.97 Å². The van der Waals surface area contributed by atoms with E-state index in [0.717, 1.165) is 48.3 Å². The number of imidazole rings is 1. The van der Waals surface area contributed by atoms with Gasteiger partial charge in [0.1, 0.15) is 12.2 Å². The normalized spacial score (nSPS) is 17.1. The molecule has 0 fully saturated rings. The molecule has 11 nitrogen and oxygen atoms in total. The highest BCUT2D eigenvalue weighted by Crippen LogP contribution is 2.31. The Morgan fingerprint density at radius 3 is 2.90 bits per heavy atom. The molecule has 1 amide bonds. The van der Waals surface area contributed by atoms with Gasteiger partial charge in [-0.15, -0.1) is 5.10 Å². The first-order chi connectivity index (χ1) is 19.9. The topological polar surface area (TPSA) is 140 Å². The van der Waals surface area contributed by atoms with Crippen LogP contribution in [0.2, 0.25) is 5.02 Å². The van der Waals surface area contributed by atoms with Crippen LogP contribution in [-0.4, -0.2) is 55.7 Å². The van der Waals surface area contributed by atoms with E-state index in [1.54, 1.807) is 30.5 Å². The molecule has 3 N–H and O–H groups in total. The van der Waals surface area contributed by atoms with Crippen LogP contribution in [0.3, 0.4) is 0 Å². The van der Waals surface area contributed by atoms with Crippen molar-refractivity contribution in [3.8, 4) is 16.9 Å². The highest BCUT2D eigenvalue weighted by molar-refractivity contribution is 6.30. The molecule has 0 saturated carbocycles. The third-order valence-corrected chi connectivity index (χ3v) is 7.26. The number of aromatic amines is 1. The van der Waals surface area contributed by atoms with Gasteiger partial charge in [-0.2, -0.15) is 4.68 Å². The zero-order valence-corrected chi connectivity index (χ0v) is 23.6. The van der Waals surface area contributed by atoms with Crippen molar-refractivity contribution < 1.29 is 14.3 Å². The van der Waals surface area contributed by atoms with Gasteiger partial charge in [-0.25, -0.2) is 4.98 Å². The number of amides is 1. The average molecular weight is 575 g/mol. The maximum atomic E-state index is 13.1. The molecule has 0 radical (unpaired) electrons. The molecule has 2 aromatic carbocycles. The van der Waals surface area contributed by atoms with Gasteiger partial charge in [-0.1, -0.05) is 37.1 Å². The second-order valence-electron chi connectivity index (χ2n) is 10.1. The van der Waals surface area contributed by atoms with Gasteiger partial charge in [0.2, 0.25) is 5.91 Å². The highest BCUT2D eigenvalue weighted by atomic mass is 35.5. The van der Waals surface area contributed by atoms with E-state index < -0.39 is 0 Å². The number of aromatic nitrogens is 6. The SMILES string of the molecule is COC(=O)Cc1ccc2c(c1)NC[C@H](C)CCC[C@H](NC(=O)/C=C/c1cc(Cl)ccc1-n1cnnn1)c1ncc-2[nH]1. The molecule has 1 aliphatic rings. The number of H-pyrrole nitrogens is 1. The standard InChI is InChI=1S/C29H31ClN8O3/c1-18-4-3-5-23(34-27(39)11-7-20-14-21(30)8-10-26(20)38-17-33-36-37-38)29-32-16-25(35-29)22-9-6-19(13-28(40)41-2)12-24(22)31-15-18/h6-12,14,16-18,23,31H,3-5,13,15H2,1-2H3,(H,32,35)(H,34,39)/b11-7+/t18-,23+/m1/s1. The Labute approximate surface area is 242 Å². The Kier molecular flexibility index (Phi) is 8.73. The number of nitrogens with zero attached hydrogens (tertiary/aromatic N) is 5. The molecular weight excluding hydrogens is 544 g/mol. The number of rotatable bonds is 6. The third kappa shape index (κ3) is 6.98. The first kappa shape index (κ1) is 28.0. The van der Waals surface area contributed by atoms with E-state index in [0.29, 0.717) is 28.0 Å². The van der Waals surface area contributed by atoms with E-state index in [-0.39, 0.29) is 24.3 Å². The largest absolute Gasteiger partial charge is 0.469 e. The van der Waals surface area contributed by atoms with Crippen molar-refractivity contribution in [1.82, 2.24) is 35.5 Å². The van der Waals surface area contributed by atoms with Crippen LogP contribution in [0.5, 0.6) is 0 Å². The summed E-state index contributed by atoms with van der Waals surface area (Å²) in [5, 5.41) is 18.5. The quantitative estimate of drug-likeness (QED) is 0.225. The van der Waals surface area contributed by atoms with Crippen LogP contribution >= 0.6 is 11.6 Å². The number of carbonyl (C=O) groups is 2. The van der Waals surface area contributed by atoms with Gasteiger partial charge in [0.25, 0.3) is 0 Å². The lowest BCUT2D eigenvalue weighted by Crippen LogP contribution is -2.28. The molecule has 2 bridgehead atoms. The fraction of sp³-hybridized carbons (Fsp3) is 0.310. The third-order valence-electron chi connectivity index (χ3n) is 7.02. The van der Waals surface area contributed by atoms with Gasteiger partial charge in [0.15, 0.2) is 0 Å². The second kappa shape index (κ2) is 12.8. The van der Waals surface area contributed by atoms with Gasteiger partial charge in [-0.05, 0) is 65.1 Å². The Morgan fingerprint density at radius 1 is 1.22 bits per heavy atom. The van der Waals surface area contributed by atoms with Crippen molar-refractivity contribution in [3.05, 3.63) is 77.0 Å². The van der Waals surface area contributed by atoms with Crippen molar-refractivity contribution >= 4 is 35.2 Å². The van der Waals surface area contributed by atoms with E-state index in [4.69, 9.17) is 16.3 Å². The number of tetrazole rings is 1. The molecular formula is C29H31ClN8O3. The van der Waals surface area contributed by atoms with Gasteiger partial charge in [0, 0.05) is 34.5 Å². The number of halogens is 1. The van der Waals surface area contributed by atoms with E-state index in [9.17, 15) is 9.59 Å². The van der Waals surface area contributed by atoms with Crippen LogP contribution in [0, 0.1) is 5.92 Å². The summed E-state index contributed by atoms with van der Waals surface area (Å²) in [6.07, 6.45) is 9.23. The van der Waals surface area contributed by atoms with E-state index in [1.807, 2.05) is 18.2 Å². The number of hydrogen-bond donors (Lipinski definition) is 3. The fourth-order valence-electron chi connectivity index (χ4n) is 4.83. The second-order valence-corrected chi connectivity index (χ2v) is 10.5. The molecule has 0 saturated heterocycles. The Hall–Kier alpha value is -4.51. The molecule has 4 aromatic rings. The van der Waals surface area contributed by atoms with Crippen LogP contribution in [-0.2, 0) is 20.7 Å². The van der Waals surface area contributed by atoms with Crippen LogP contribution in [0.4, 0.5) is 5.69 Å². The summed E-state index contributed by atoms with van der Waals surface area (Å²) in [6, 6.07) is 10.8. The van der Waals surface area contributed by atoms with E-state index >= 15 is 0 Å². The smallest absolute Gasteiger partial charge is 0.309 e. The predicted molar refractivity (Wildman–Crippen MR) is 155 cm³/mol. The molecule has 0 unspecified atom stereocenters. The summed E-state index contributed by atoms with van der Waals surface area (Å²) >= 11 is 6.21. The summed E-state index contributed by atoms with van der Waals surface area (Å²) in [4.78, 5) is 33.0. The first-order valence-electron chi connectivity index (χ1n) is 13.4. The molecule has 5 rings (SSSR count). The number of hydrogen-bond acceptors (Lipinski definition) is 8. The molecule has 0 spiro atoms. The maximum absolute atomic E-state index is 13.1. The van der Waals surface area contributed by atoms with Gasteiger partial charge in [-0.3, -0.25) is 9.59 Å². The summed E-state index contributed by atoms with van der Waals surface area (Å²) in [5.74, 6) is 0.531. The Balaban J connectivity index is 1.38. The minimum Gasteiger partial charge on any atom is -0.469 e. The lowest BCUT2D eigenvalue weighted by atomic mass is 9.99. The van der Waals surface area contributed by atoms with Gasteiger partial charge < -0.3 is 20.4 Å². The summed E-state index contributed by atoms with van der Waals surface area (Å²) < 4.78 is 6.35. The molecule has 3 heterocycles. The number of ether oxygens (including phenoxy) is 1. The Bertz CT molecular complexity index is 1550. The van der Waals surface area contributed by atoms with E-state index in [1.165, 1.54) is 24.2 Å². The number of benzene rings is 2. The number of esters is 1. The van der Waals surface area contributed by atoms with Crippen molar-refractivity contribution in [2.24, 2.45) is 5.92 Å². The van der Waals surface area contributed by atoms with Crippen molar-refractivity contribution in [2.75, 3.05) is 19.0 Å². The minimum absolute atomic E-state index is 0.198. The number of carbonyl (C=O) groups excluding carboxylic acids is 2. The number of methoxy groups -OCH3 is 1. The van der Waals surface area contributed by atoms with E-state index in [2.05, 4.69) is 43.1 Å². The zero-order valence-electron chi connectivity index (χ0n) is 22.8. The molecule has 41 heavy (non-hydrogen) atoms. The van der Waals surface area contributed by atoms with Crippen LogP contribution < -0.4 is 10.6 Å². The molecule has 0 aliphatic carbocycles. The lowest BCUT2D eigenvalue weighted by molar-refractivity contribution is -0.139. The zero-order chi connectivity index (χ0) is 28.8. The molecule has 2 atom stereocenters. The molecule has 12 heteroatoms. The number of fused-ring (bicyclic) bond motifs is 4. The maximum Gasteiger partial charge on any atom is 0.309 e. The van der Waals surface area contributed by atoms with Crippen molar-refractivity contribution in [3.63, 3.8) is 0 Å². The summed E-state index contributed by atoms with van der Waals surface area (Å²) in [6.45, 7) is 2.97. The Morgan fingerprint density at radius 2 is 2.10 bits per heavy atom. The van der Waals surface area contributed by atoms with Crippen LogP contribution in [0.1, 0.15) is 49.2 Å². The predicted octanol–water partition coefficient (Wildman–Crippen LogP) is 4.52. The van der Waals surface area contributed by atoms with Gasteiger partial charge in [0.05, 0.1) is 37.2 Å². The average Bonchev–Trinajstić information content (AvgIpc) is 3.67. The lowest BCUT2D eigenvalue weighted by Gasteiger charge is -2.20. The minimum atomic E-state index is -0.305. The van der Waals surface area contributed by atoms with Crippen molar-refractivity contribution in [2.45, 2.75) is 38.6 Å². The number of nitrogens with one attached hydrogen (secondary N) is 3. The first-order valence-corrected chi connectivity index (χ1v) is 13.8. The van der Waals surface area contributed by atoms with Crippen LogP contribution in [0.15, 0.2) is 55.0 Å². The number of anilines is 1. The molecule has 212 valence electrons.